The van der Waals surface area contributed by atoms with Crippen molar-refractivity contribution in [2.75, 3.05) is 13.1 Å². The lowest BCUT2D eigenvalue weighted by molar-refractivity contribution is -0.126. The van der Waals surface area contributed by atoms with Gasteiger partial charge in [0, 0.05) is 19.6 Å². The lowest BCUT2D eigenvalue weighted by Gasteiger charge is -2.28. The largest absolute Gasteiger partial charge is 0.351 e. The number of nitrogens with zero attached hydrogens (tertiary/aromatic N) is 1. The van der Waals surface area contributed by atoms with Gasteiger partial charge in [-0.1, -0.05) is 55.3 Å². The van der Waals surface area contributed by atoms with Crippen LogP contribution in [-0.2, 0) is 26.8 Å². The summed E-state index contributed by atoms with van der Waals surface area (Å²) in [4.78, 5) is 13.5. The van der Waals surface area contributed by atoms with Crippen LogP contribution < -0.4 is 5.32 Å². The summed E-state index contributed by atoms with van der Waals surface area (Å²) in [7, 11) is -3.40. The zero-order chi connectivity index (χ0) is 20.3. The Bertz CT molecular complexity index is 943. The Hall–Kier alpha value is -2.18. The molecule has 4 rings (SSSR count). The number of hydrogen-bond donors (Lipinski definition) is 1. The topological polar surface area (TPSA) is 66.5 Å². The normalized spacial score (nSPS) is 19.3. The van der Waals surface area contributed by atoms with Crippen LogP contribution in [0.2, 0.25) is 0 Å². The van der Waals surface area contributed by atoms with Gasteiger partial charge in [-0.05, 0) is 48.9 Å². The SMILES string of the molecule is O=C(NCc1ccc(S(=O)(=O)N2CCCC2)cc1)C1(c2ccccc2)CCCC1. The molecule has 1 amide bonds. The van der Waals surface area contributed by atoms with Crippen molar-refractivity contribution in [3.63, 3.8) is 0 Å². The van der Waals surface area contributed by atoms with E-state index in [0.717, 1.165) is 49.7 Å². The molecule has 1 heterocycles. The van der Waals surface area contributed by atoms with Crippen molar-refractivity contribution in [1.82, 2.24) is 9.62 Å². The van der Waals surface area contributed by atoms with Crippen LogP contribution in [0.1, 0.15) is 49.7 Å². The maximum absolute atomic E-state index is 13.1. The highest BCUT2D eigenvalue weighted by molar-refractivity contribution is 7.89. The van der Waals surface area contributed by atoms with Gasteiger partial charge >= 0.3 is 0 Å². The predicted molar refractivity (Wildman–Crippen MR) is 113 cm³/mol. The van der Waals surface area contributed by atoms with Crippen molar-refractivity contribution in [1.29, 1.82) is 0 Å². The highest BCUT2D eigenvalue weighted by atomic mass is 32.2. The molecule has 0 unspecified atom stereocenters. The molecule has 1 saturated heterocycles. The Morgan fingerprint density at radius 1 is 0.897 bits per heavy atom. The van der Waals surface area contributed by atoms with Crippen LogP contribution in [0.5, 0.6) is 0 Å². The van der Waals surface area contributed by atoms with E-state index in [4.69, 9.17) is 0 Å². The summed E-state index contributed by atoms with van der Waals surface area (Å²) >= 11 is 0. The molecule has 0 radical (unpaired) electrons. The minimum Gasteiger partial charge on any atom is -0.351 e. The van der Waals surface area contributed by atoms with E-state index in [9.17, 15) is 13.2 Å². The summed E-state index contributed by atoms with van der Waals surface area (Å²) < 4.78 is 26.8. The highest BCUT2D eigenvalue weighted by Crippen LogP contribution is 2.41. The molecule has 0 spiro atoms. The van der Waals surface area contributed by atoms with Crippen molar-refractivity contribution < 1.29 is 13.2 Å². The van der Waals surface area contributed by atoms with Crippen molar-refractivity contribution in [2.24, 2.45) is 0 Å². The molecule has 0 aromatic heterocycles. The van der Waals surface area contributed by atoms with Gasteiger partial charge in [0.05, 0.1) is 10.3 Å². The molecule has 0 bridgehead atoms. The van der Waals surface area contributed by atoms with Crippen LogP contribution in [0.15, 0.2) is 59.5 Å². The summed E-state index contributed by atoms with van der Waals surface area (Å²) in [5, 5.41) is 3.09. The van der Waals surface area contributed by atoms with E-state index in [1.165, 1.54) is 0 Å². The molecular weight excluding hydrogens is 384 g/mol. The summed E-state index contributed by atoms with van der Waals surface area (Å²) in [5.74, 6) is 0.0648. The number of carbonyl (C=O) groups is 1. The lowest BCUT2D eigenvalue weighted by Crippen LogP contribution is -2.42. The van der Waals surface area contributed by atoms with Crippen molar-refractivity contribution in [2.45, 2.75) is 55.4 Å². The summed E-state index contributed by atoms with van der Waals surface area (Å²) in [6, 6.07) is 16.9. The van der Waals surface area contributed by atoms with E-state index >= 15 is 0 Å². The fourth-order valence-corrected chi connectivity index (χ4v) is 6.11. The van der Waals surface area contributed by atoms with Gasteiger partial charge in [-0.2, -0.15) is 4.31 Å². The summed E-state index contributed by atoms with van der Waals surface area (Å²) in [5.41, 5.74) is 1.54. The first-order valence-corrected chi connectivity index (χ1v) is 11.9. The van der Waals surface area contributed by atoms with Crippen LogP contribution in [0.3, 0.4) is 0 Å². The second kappa shape index (κ2) is 8.28. The molecule has 154 valence electrons. The van der Waals surface area contributed by atoms with Gasteiger partial charge in [0.1, 0.15) is 0 Å². The number of sulfonamides is 1. The van der Waals surface area contributed by atoms with Gasteiger partial charge in [-0.25, -0.2) is 8.42 Å². The molecule has 2 aliphatic rings. The quantitative estimate of drug-likeness (QED) is 0.788. The maximum atomic E-state index is 13.1. The first-order chi connectivity index (χ1) is 14.0. The fraction of sp³-hybridized carbons (Fsp3) is 0.435. The first-order valence-electron chi connectivity index (χ1n) is 10.5. The molecular formula is C23H28N2O3S. The summed E-state index contributed by atoms with van der Waals surface area (Å²) in [6.45, 7) is 1.60. The molecule has 1 aliphatic heterocycles. The fourth-order valence-electron chi connectivity index (χ4n) is 4.59. The minimum atomic E-state index is -3.40. The average Bonchev–Trinajstić information content (AvgIpc) is 3.46. The smallest absolute Gasteiger partial charge is 0.243 e. The second-order valence-corrected chi connectivity index (χ2v) is 10.0. The Kier molecular flexibility index (Phi) is 5.74. The summed E-state index contributed by atoms with van der Waals surface area (Å²) in [6.07, 6.45) is 5.71. The van der Waals surface area contributed by atoms with Gasteiger partial charge in [0.2, 0.25) is 15.9 Å². The monoisotopic (exact) mass is 412 g/mol. The Morgan fingerprint density at radius 2 is 1.52 bits per heavy atom. The van der Waals surface area contributed by atoms with E-state index in [1.54, 1.807) is 28.6 Å². The van der Waals surface area contributed by atoms with Crippen LogP contribution in [0.4, 0.5) is 0 Å². The van der Waals surface area contributed by atoms with E-state index < -0.39 is 15.4 Å². The van der Waals surface area contributed by atoms with Crippen LogP contribution in [0, 0.1) is 0 Å². The van der Waals surface area contributed by atoms with E-state index in [0.29, 0.717) is 24.5 Å². The predicted octanol–water partition coefficient (Wildman–Crippen LogP) is 3.60. The third-order valence-electron chi connectivity index (χ3n) is 6.30. The van der Waals surface area contributed by atoms with Crippen LogP contribution >= 0.6 is 0 Å². The third-order valence-corrected chi connectivity index (χ3v) is 8.21. The molecule has 0 atom stereocenters. The molecule has 1 aliphatic carbocycles. The number of nitrogens with one attached hydrogen (secondary N) is 1. The number of amides is 1. The minimum absolute atomic E-state index is 0.0648. The maximum Gasteiger partial charge on any atom is 0.243 e. The van der Waals surface area contributed by atoms with E-state index in [-0.39, 0.29) is 5.91 Å². The van der Waals surface area contributed by atoms with Crippen molar-refractivity contribution in [3.05, 3.63) is 65.7 Å². The molecule has 29 heavy (non-hydrogen) atoms. The van der Waals surface area contributed by atoms with Crippen LogP contribution in [0.25, 0.3) is 0 Å². The molecule has 6 heteroatoms. The molecule has 5 nitrogen and oxygen atoms in total. The van der Waals surface area contributed by atoms with Crippen LogP contribution in [-0.4, -0.2) is 31.7 Å². The lowest BCUT2D eigenvalue weighted by atomic mass is 9.78. The van der Waals surface area contributed by atoms with Gasteiger partial charge in [-0.3, -0.25) is 4.79 Å². The van der Waals surface area contributed by atoms with Gasteiger partial charge in [-0.15, -0.1) is 0 Å². The molecule has 1 N–H and O–H groups in total. The van der Waals surface area contributed by atoms with Gasteiger partial charge < -0.3 is 5.32 Å². The Balaban J connectivity index is 1.44. The van der Waals surface area contributed by atoms with Gasteiger partial charge in [0.15, 0.2) is 0 Å². The molecule has 2 aromatic carbocycles. The molecule has 1 saturated carbocycles. The number of rotatable bonds is 6. The Labute approximate surface area is 173 Å². The van der Waals surface area contributed by atoms with Crippen molar-refractivity contribution >= 4 is 15.9 Å². The molecule has 2 fully saturated rings. The zero-order valence-corrected chi connectivity index (χ0v) is 17.5. The van der Waals surface area contributed by atoms with Gasteiger partial charge in [0.25, 0.3) is 0 Å². The zero-order valence-electron chi connectivity index (χ0n) is 16.6. The third kappa shape index (κ3) is 3.96. The number of benzene rings is 2. The number of hydrogen-bond acceptors (Lipinski definition) is 3. The average molecular weight is 413 g/mol. The van der Waals surface area contributed by atoms with Crippen molar-refractivity contribution in [3.8, 4) is 0 Å². The Morgan fingerprint density at radius 3 is 2.14 bits per heavy atom. The number of carbonyl (C=O) groups excluding carboxylic acids is 1. The second-order valence-electron chi connectivity index (χ2n) is 8.09. The standard InChI is InChI=1S/C23H28N2O3S/c26-22(23(14-4-5-15-23)20-8-2-1-3-9-20)24-18-19-10-12-21(13-11-19)29(27,28)25-16-6-7-17-25/h1-3,8-13H,4-7,14-18H2,(H,24,26). The van der Waals surface area contributed by atoms with E-state index in [1.807, 2.05) is 30.3 Å². The molecule has 2 aromatic rings. The highest BCUT2D eigenvalue weighted by Gasteiger charge is 2.42. The first kappa shape index (κ1) is 20.1. The van der Waals surface area contributed by atoms with E-state index in [2.05, 4.69) is 5.32 Å².